The summed E-state index contributed by atoms with van der Waals surface area (Å²) in [5, 5.41) is 3.42. The van der Waals surface area contributed by atoms with Crippen LogP contribution in [0.3, 0.4) is 0 Å². The number of hydrogen-bond acceptors (Lipinski definition) is 3. The summed E-state index contributed by atoms with van der Waals surface area (Å²) in [6, 6.07) is 12.3. The van der Waals surface area contributed by atoms with Crippen molar-refractivity contribution in [3.63, 3.8) is 0 Å². The molecule has 7 heteroatoms. The van der Waals surface area contributed by atoms with Crippen molar-refractivity contribution in [1.82, 2.24) is 10.2 Å². The Labute approximate surface area is 182 Å². The first-order valence-electron chi connectivity index (χ1n) is 9.84. The first-order valence-corrected chi connectivity index (χ1v) is 10.2. The van der Waals surface area contributed by atoms with Gasteiger partial charge in [0, 0.05) is 17.1 Å². The third kappa shape index (κ3) is 6.73. The van der Waals surface area contributed by atoms with Crippen LogP contribution < -0.4 is 10.1 Å². The molecule has 0 aliphatic heterocycles. The third-order valence-electron chi connectivity index (χ3n) is 4.37. The van der Waals surface area contributed by atoms with Gasteiger partial charge in [0.2, 0.25) is 5.91 Å². The molecule has 0 radical (unpaired) electrons. The van der Waals surface area contributed by atoms with E-state index in [1.807, 2.05) is 33.8 Å². The normalized spacial score (nSPS) is 12.2. The zero-order chi connectivity index (χ0) is 22.3. The second-order valence-corrected chi connectivity index (χ2v) is 8.40. The van der Waals surface area contributed by atoms with Crippen LogP contribution in [0.2, 0.25) is 5.02 Å². The van der Waals surface area contributed by atoms with Gasteiger partial charge >= 0.3 is 0 Å². The minimum absolute atomic E-state index is 0.0178. The van der Waals surface area contributed by atoms with Crippen molar-refractivity contribution < 1.29 is 18.7 Å². The van der Waals surface area contributed by atoms with E-state index in [0.717, 1.165) is 0 Å². The SMILES string of the molecule is CC[C@H](C(=O)NC(C)(C)C)N(Cc1ccccc1Cl)C(=O)COc1ccccc1F. The van der Waals surface area contributed by atoms with Crippen molar-refractivity contribution in [3.8, 4) is 5.75 Å². The van der Waals surface area contributed by atoms with Gasteiger partial charge in [-0.15, -0.1) is 0 Å². The Kier molecular flexibility index (Phi) is 8.24. The molecule has 0 heterocycles. The Morgan fingerprint density at radius 2 is 1.77 bits per heavy atom. The number of benzene rings is 2. The molecule has 0 aromatic heterocycles. The highest BCUT2D eigenvalue weighted by molar-refractivity contribution is 6.31. The number of amides is 2. The van der Waals surface area contributed by atoms with E-state index in [1.165, 1.54) is 23.1 Å². The summed E-state index contributed by atoms with van der Waals surface area (Å²) >= 11 is 6.28. The maximum Gasteiger partial charge on any atom is 0.261 e. The predicted octanol–water partition coefficient (Wildman–Crippen LogP) is 4.58. The van der Waals surface area contributed by atoms with Gasteiger partial charge in [0.25, 0.3) is 5.91 Å². The molecule has 1 atom stereocenters. The van der Waals surface area contributed by atoms with Crippen LogP contribution in [0.1, 0.15) is 39.7 Å². The molecule has 30 heavy (non-hydrogen) atoms. The van der Waals surface area contributed by atoms with Crippen LogP contribution in [0, 0.1) is 5.82 Å². The summed E-state index contributed by atoms with van der Waals surface area (Å²) in [6.07, 6.45) is 0.401. The fourth-order valence-electron chi connectivity index (χ4n) is 2.97. The second kappa shape index (κ2) is 10.4. The molecule has 2 rings (SSSR count). The molecule has 2 amide bonds. The van der Waals surface area contributed by atoms with Gasteiger partial charge in [0.1, 0.15) is 6.04 Å². The molecule has 0 aliphatic rings. The second-order valence-electron chi connectivity index (χ2n) is 8.00. The summed E-state index contributed by atoms with van der Waals surface area (Å²) < 4.78 is 19.2. The zero-order valence-electron chi connectivity index (χ0n) is 17.7. The Morgan fingerprint density at radius 1 is 1.13 bits per heavy atom. The Balaban J connectivity index is 2.27. The predicted molar refractivity (Wildman–Crippen MR) is 116 cm³/mol. The summed E-state index contributed by atoms with van der Waals surface area (Å²) in [7, 11) is 0. The Hall–Kier alpha value is -2.60. The molecule has 2 aromatic rings. The van der Waals surface area contributed by atoms with Crippen LogP contribution in [0.5, 0.6) is 5.75 Å². The molecule has 1 N–H and O–H groups in total. The van der Waals surface area contributed by atoms with E-state index in [1.54, 1.807) is 24.3 Å². The number of hydrogen-bond donors (Lipinski definition) is 1. The molecular formula is C23H28ClFN2O3. The van der Waals surface area contributed by atoms with Gasteiger partial charge in [-0.25, -0.2) is 4.39 Å². The maximum atomic E-state index is 13.8. The van der Waals surface area contributed by atoms with Gasteiger partial charge in [-0.2, -0.15) is 0 Å². The largest absolute Gasteiger partial charge is 0.481 e. The van der Waals surface area contributed by atoms with Crippen molar-refractivity contribution >= 4 is 23.4 Å². The van der Waals surface area contributed by atoms with Crippen molar-refractivity contribution in [3.05, 3.63) is 64.9 Å². The topological polar surface area (TPSA) is 58.6 Å². The van der Waals surface area contributed by atoms with E-state index in [4.69, 9.17) is 16.3 Å². The molecule has 0 saturated carbocycles. The summed E-state index contributed by atoms with van der Waals surface area (Å²) in [4.78, 5) is 27.4. The van der Waals surface area contributed by atoms with E-state index >= 15 is 0 Å². The average molecular weight is 435 g/mol. The number of nitrogens with zero attached hydrogens (tertiary/aromatic N) is 1. The number of halogens is 2. The van der Waals surface area contributed by atoms with Gasteiger partial charge in [-0.1, -0.05) is 48.9 Å². The number of para-hydroxylation sites is 1. The summed E-state index contributed by atoms with van der Waals surface area (Å²) in [6.45, 7) is 7.19. The van der Waals surface area contributed by atoms with E-state index in [0.29, 0.717) is 17.0 Å². The number of ether oxygens (including phenoxy) is 1. The van der Waals surface area contributed by atoms with E-state index < -0.39 is 29.9 Å². The van der Waals surface area contributed by atoms with Crippen molar-refractivity contribution in [2.45, 2.75) is 52.2 Å². The summed E-state index contributed by atoms with van der Waals surface area (Å²) in [5.41, 5.74) is 0.258. The standard InChI is InChI=1S/C23H28ClFN2O3/c1-5-19(22(29)26-23(2,3)4)27(14-16-10-6-7-11-17(16)24)21(28)15-30-20-13-9-8-12-18(20)25/h6-13,19H,5,14-15H2,1-4H3,(H,26,29)/t19-/m1/s1. The van der Waals surface area contributed by atoms with Crippen molar-refractivity contribution in [1.29, 1.82) is 0 Å². The van der Waals surface area contributed by atoms with E-state index in [9.17, 15) is 14.0 Å². The molecule has 0 fully saturated rings. The summed E-state index contributed by atoms with van der Waals surface area (Å²) in [5.74, 6) is -1.28. The molecule has 5 nitrogen and oxygen atoms in total. The minimum atomic E-state index is -0.725. The monoisotopic (exact) mass is 434 g/mol. The van der Waals surface area contributed by atoms with Crippen molar-refractivity contribution in [2.24, 2.45) is 0 Å². The molecule has 0 saturated heterocycles. The van der Waals surface area contributed by atoms with Gasteiger partial charge in [-0.3, -0.25) is 9.59 Å². The van der Waals surface area contributed by atoms with Crippen LogP contribution in [0.15, 0.2) is 48.5 Å². The van der Waals surface area contributed by atoms with Crippen molar-refractivity contribution in [2.75, 3.05) is 6.61 Å². The molecular weight excluding hydrogens is 407 g/mol. The highest BCUT2D eigenvalue weighted by Gasteiger charge is 2.31. The quantitative estimate of drug-likeness (QED) is 0.661. The van der Waals surface area contributed by atoms with E-state index in [-0.39, 0.29) is 18.2 Å². The highest BCUT2D eigenvalue weighted by Crippen LogP contribution is 2.21. The van der Waals surface area contributed by atoms with Gasteiger partial charge in [0.05, 0.1) is 0 Å². The lowest BCUT2D eigenvalue weighted by molar-refractivity contribution is -0.143. The van der Waals surface area contributed by atoms with E-state index in [2.05, 4.69) is 5.32 Å². The molecule has 162 valence electrons. The van der Waals surface area contributed by atoms with Crippen LogP contribution in [0.25, 0.3) is 0 Å². The van der Waals surface area contributed by atoms with Crippen LogP contribution in [-0.4, -0.2) is 34.9 Å². The number of rotatable bonds is 8. The average Bonchev–Trinajstić information content (AvgIpc) is 2.67. The smallest absolute Gasteiger partial charge is 0.261 e. The Morgan fingerprint density at radius 3 is 2.37 bits per heavy atom. The molecule has 0 bridgehead atoms. The maximum absolute atomic E-state index is 13.8. The lowest BCUT2D eigenvalue weighted by atomic mass is 10.1. The van der Waals surface area contributed by atoms with Crippen LogP contribution in [-0.2, 0) is 16.1 Å². The molecule has 2 aromatic carbocycles. The van der Waals surface area contributed by atoms with Gasteiger partial charge < -0.3 is 15.0 Å². The lowest BCUT2D eigenvalue weighted by Crippen LogP contribution is -2.54. The number of nitrogens with one attached hydrogen (secondary N) is 1. The van der Waals surface area contributed by atoms with Crippen LogP contribution in [0.4, 0.5) is 4.39 Å². The number of carbonyl (C=O) groups is 2. The van der Waals surface area contributed by atoms with Gasteiger partial charge in [0.15, 0.2) is 18.2 Å². The molecule has 0 aliphatic carbocycles. The zero-order valence-corrected chi connectivity index (χ0v) is 18.5. The third-order valence-corrected chi connectivity index (χ3v) is 4.74. The van der Waals surface area contributed by atoms with Gasteiger partial charge in [-0.05, 0) is 51.0 Å². The fourth-order valence-corrected chi connectivity index (χ4v) is 3.16. The fraction of sp³-hybridized carbons (Fsp3) is 0.391. The number of carbonyl (C=O) groups excluding carboxylic acids is 2. The molecule has 0 spiro atoms. The molecule has 0 unspecified atom stereocenters. The minimum Gasteiger partial charge on any atom is -0.481 e. The highest BCUT2D eigenvalue weighted by atomic mass is 35.5. The first-order chi connectivity index (χ1) is 14.1. The van der Waals surface area contributed by atoms with Crippen LogP contribution >= 0.6 is 11.6 Å². The first kappa shape index (κ1) is 23.7. The Bertz CT molecular complexity index is 883. The lowest BCUT2D eigenvalue weighted by Gasteiger charge is -2.33.